The largest absolute Gasteiger partial charge is 0.495 e. The Morgan fingerprint density at radius 2 is 1.79 bits per heavy atom. The molecule has 0 unspecified atom stereocenters. The van der Waals surface area contributed by atoms with Crippen LogP contribution in [-0.4, -0.2) is 24.7 Å². The number of ether oxygens (including phenoxy) is 2. The van der Waals surface area contributed by atoms with E-state index in [0.29, 0.717) is 17.9 Å². The fraction of sp³-hybridized carbons (Fsp3) is 0.241. The van der Waals surface area contributed by atoms with Gasteiger partial charge < -0.3 is 19.8 Å². The van der Waals surface area contributed by atoms with Gasteiger partial charge in [-0.25, -0.2) is 4.39 Å². The number of benzene rings is 3. The van der Waals surface area contributed by atoms with Crippen LogP contribution in [0.25, 0.3) is 10.9 Å². The standard InChI is InChI=1S/C29H29FN2O2/c1-20(2)34-29-12-9-21(8-10-22-17-25(30)11-13-28(22)33-3)16-24(29)18-31-15-14-23-19-32-27-7-5-4-6-26(23)27/h4-7,9,11-13,16-17,19-20,31-32H,14-15,18H2,1-3H3. The summed E-state index contributed by atoms with van der Waals surface area (Å²) in [6.45, 7) is 5.51. The Morgan fingerprint density at radius 3 is 2.62 bits per heavy atom. The number of H-pyrrole nitrogens is 1. The second-order valence-corrected chi connectivity index (χ2v) is 8.37. The van der Waals surface area contributed by atoms with Gasteiger partial charge in [0.1, 0.15) is 17.3 Å². The quantitative estimate of drug-likeness (QED) is 0.259. The predicted molar refractivity (Wildman–Crippen MR) is 135 cm³/mol. The van der Waals surface area contributed by atoms with Crippen LogP contribution in [0.3, 0.4) is 0 Å². The number of hydrogen-bond donors (Lipinski definition) is 2. The van der Waals surface area contributed by atoms with Crippen molar-refractivity contribution in [3.8, 4) is 23.3 Å². The zero-order valence-corrected chi connectivity index (χ0v) is 19.7. The fourth-order valence-electron chi connectivity index (χ4n) is 3.87. The first kappa shape index (κ1) is 23.4. The first-order chi connectivity index (χ1) is 16.5. The van der Waals surface area contributed by atoms with Crippen LogP contribution >= 0.6 is 0 Å². The van der Waals surface area contributed by atoms with Gasteiger partial charge in [0.15, 0.2) is 0 Å². The summed E-state index contributed by atoms with van der Waals surface area (Å²) in [7, 11) is 1.55. The molecule has 0 bridgehead atoms. The molecule has 0 aliphatic rings. The van der Waals surface area contributed by atoms with Crippen LogP contribution < -0.4 is 14.8 Å². The predicted octanol–water partition coefficient (Wildman–Crippen LogP) is 5.83. The maximum absolute atomic E-state index is 13.7. The lowest BCUT2D eigenvalue weighted by Gasteiger charge is -2.15. The van der Waals surface area contributed by atoms with Gasteiger partial charge >= 0.3 is 0 Å². The third-order valence-electron chi connectivity index (χ3n) is 5.49. The molecule has 4 nitrogen and oxygen atoms in total. The lowest BCUT2D eigenvalue weighted by Crippen LogP contribution is -2.18. The number of nitrogens with one attached hydrogen (secondary N) is 2. The van der Waals surface area contributed by atoms with E-state index in [-0.39, 0.29) is 11.9 Å². The molecule has 2 N–H and O–H groups in total. The van der Waals surface area contributed by atoms with Gasteiger partial charge in [0.05, 0.1) is 18.8 Å². The highest BCUT2D eigenvalue weighted by molar-refractivity contribution is 5.83. The summed E-state index contributed by atoms with van der Waals surface area (Å²) in [5, 5.41) is 4.80. The van der Waals surface area contributed by atoms with Crippen LogP contribution in [0.5, 0.6) is 11.5 Å². The number of aromatic nitrogens is 1. The summed E-state index contributed by atoms with van der Waals surface area (Å²) in [4.78, 5) is 3.33. The SMILES string of the molecule is COc1ccc(F)cc1C#Cc1ccc(OC(C)C)c(CNCCc2c[nH]c3ccccc23)c1. The van der Waals surface area contributed by atoms with E-state index in [1.807, 2.05) is 38.1 Å². The van der Waals surface area contributed by atoms with E-state index in [4.69, 9.17) is 9.47 Å². The molecule has 4 aromatic rings. The van der Waals surface area contributed by atoms with Crippen molar-refractivity contribution in [3.63, 3.8) is 0 Å². The van der Waals surface area contributed by atoms with Crippen molar-refractivity contribution in [2.24, 2.45) is 0 Å². The van der Waals surface area contributed by atoms with E-state index < -0.39 is 0 Å². The van der Waals surface area contributed by atoms with Gasteiger partial charge in [-0.1, -0.05) is 30.0 Å². The maximum atomic E-state index is 13.7. The number of halogens is 1. The van der Waals surface area contributed by atoms with Crippen LogP contribution in [0.2, 0.25) is 0 Å². The minimum Gasteiger partial charge on any atom is -0.495 e. The first-order valence-electron chi connectivity index (χ1n) is 11.4. The summed E-state index contributed by atoms with van der Waals surface area (Å²) in [5.41, 5.74) is 4.83. The van der Waals surface area contributed by atoms with Crippen molar-refractivity contribution < 1.29 is 13.9 Å². The van der Waals surface area contributed by atoms with Crippen molar-refractivity contribution in [2.75, 3.05) is 13.7 Å². The first-order valence-corrected chi connectivity index (χ1v) is 11.4. The number of methoxy groups -OCH3 is 1. The van der Waals surface area contributed by atoms with Gasteiger partial charge in [0.25, 0.3) is 0 Å². The molecule has 1 heterocycles. The molecule has 5 heteroatoms. The molecule has 0 amide bonds. The molecule has 3 aromatic carbocycles. The smallest absolute Gasteiger partial charge is 0.134 e. The lowest BCUT2D eigenvalue weighted by molar-refractivity contribution is 0.239. The normalized spacial score (nSPS) is 10.9. The highest BCUT2D eigenvalue weighted by atomic mass is 19.1. The zero-order valence-electron chi connectivity index (χ0n) is 19.7. The Morgan fingerprint density at radius 1 is 0.971 bits per heavy atom. The van der Waals surface area contributed by atoms with E-state index in [1.165, 1.54) is 23.1 Å². The minimum atomic E-state index is -0.342. The summed E-state index contributed by atoms with van der Waals surface area (Å²) >= 11 is 0. The lowest BCUT2D eigenvalue weighted by atomic mass is 10.1. The minimum absolute atomic E-state index is 0.0680. The molecule has 0 saturated carbocycles. The molecular formula is C29H29FN2O2. The highest BCUT2D eigenvalue weighted by Gasteiger charge is 2.08. The zero-order chi connectivity index (χ0) is 23.9. The molecule has 0 fully saturated rings. The third-order valence-corrected chi connectivity index (χ3v) is 5.49. The summed E-state index contributed by atoms with van der Waals surface area (Å²) in [6, 6.07) is 18.6. The molecule has 0 spiro atoms. The van der Waals surface area contributed by atoms with Crippen LogP contribution in [0.1, 0.15) is 36.1 Å². The fourth-order valence-corrected chi connectivity index (χ4v) is 3.87. The molecule has 1 aromatic heterocycles. The second-order valence-electron chi connectivity index (χ2n) is 8.37. The van der Waals surface area contributed by atoms with E-state index in [2.05, 4.69) is 46.5 Å². The number of para-hydroxylation sites is 1. The molecule has 0 radical (unpaired) electrons. The average Bonchev–Trinajstić information content (AvgIpc) is 3.24. The molecule has 0 aliphatic heterocycles. The van der Waals surface area contributed by atoms with Crippen molar-refractivity contribution in [2.45, 2.75) is 32.9 Å². The van der Waals surface area contributed by atoms with Crippen molar-refractivity contribution in [1.82, 2.24) is 10.3 Å². The Bertz CT molecular complexity index is 1330. The van der Waals surface area contributed by atoms with Gasteiger partial charge in [-0.15, -0.1) is 0 Å². The Hall–Kier alpha value is -3.75. The monoisotopic (exact) mass is 456 g/mol. The van der Waals surface area contributed by atoms with Crippen molar-refractivity contribution >= 4 is 10.9 Å². The van der Waals surface area contributed by atoms with E-state index in [0.717, 1.165) is 35.4 Å². The highest BCUT2D eigenvalue weighted by Crippen LogP contribution is 2.23. The molecule has 34 heavy (non-hydrogen) atoms. The Labute approximate surface area is 200 Å². The number of fused-ring (bicyclic) bond motifs is 1. The molecule has 4 rings (SSSR count). The van der Waals surface area contributed by atoms with E-state index in [1.54, 1.807) is 13.2 Å². The average molecular weight is 457 g/mol. The molecule has 0 atom stereocenters. The summed E-state index contributed by atoms with van der Waals surface area (Å²) in [5.74, 6) is 7.21. The molecule has 174 valence electrons. The Balaban J connectivity index is 1.48. The number of rotatable bonds is 8. The number of aromatic amines is 1. The van der Waals surface area contributed by atoms with Crippen molar-refractivity contribution in [1.29, 1.82) is 0 Å². The maximum Gasteiger partial charge on any atom is 0.134 e. The second kappa shape index (κ2) is 10.9. The molecule has 0 saturated heterocycles. The van der Waals surface area contributed by atoms with Crippen LogP contribution in [0, 0.1) is 17.7 Å². The topological polar surface area (TPSA) is 46.3 Å². The van der Waals surface area contributed by atoms with E-state index >= 15 is 0 Å². The Kier molecular flexibility index (Phi) is 7.51. The van der Waals surface area contributed by atoms with Crippen LogP contribution in [0.4, 0.5) is 4.39 Å². The van der Waals surface area contributed by atoms with E-state index in [9.17, 15) is 4.39 Å². The molecular weight excluding hydrogens is 427 g/mol. The van der Waals surface area contributed by atoms with Gasteiger partial charge in [-0.05, 0) is 74.8 Å². The van der Waals surface area contributed by atoms with Crippen LogP contribution in [-0.2, 0) is 13.0 Å². The van der Waals surface area contributed by atoms with Crippen LogP contribution in [0.15, 0.2) is 66.9 Å². The van der Waals surface area contributed by atoms with Gasteiger partial charge in [-0.3, -0.25) is 0 Å². The summed E-state index contributed by atoms with van der Waals surface area (Å²) < 4.78 is 25.0. The molecule has 0 aliphatic carbocycles. The summed E-state index contributed by atoms with van der Waals surface area (Å²) in [6.07, 6.45) is 3.07. The van der Waals surface area contributed by atoms with Gasteiger partial charge in [-0.2, -0.15) is 0 Å². The van der Waals surface area contributed by atoms with Gasteiger partial charge in [0, 0.05) is 34.8 Å². The third kappa shape index (κ3) is 5.78. The van der Waals surface area contributed by atoms with Crippen molar-refractivity contribution in [3.05, 3.63) is 94.9 Å². The van der Waals surface area contributed by atoms with Gasteiger partial charge in [0.2, 0.25) is 0 Å². The number of hydrogen-bond acceptors (Lipinski definition) is 3.